The van der Waals surface area contributed by atoms with Crippen LogP contribution >= 0.6 is 23.4 Å². The molecule has 7 heteroatoms. The van der Waals surface area contributed by atoms with Crippen molar-refractivity contribution in [2.75, 3.05) is 0 Å². The van der Waals surface area contributed by atoms with Gasteiger partial charge in [-0.2, -0.15) is 0 Å². The van der Waals surface area contributed by atoms with Gasteiger partial charge in [0.2, 0.25) is 11.8 Å². The number of thioether (sulfide) groups is 1. The Kier molecular flexibility index (Phi) is 5.01. The Morgan fingerprint density at radius 1 is 1.04 bits per heavy atom. The molecule has 0 saturated carbocycles. The molecule has 136 valence electrons. The first-order valence-corrected chi connectivity index (χ1v) is 9.78. The average molecular weight is 397 g/mol. The minimum Gasteiger partial charge on any atom is -0.420 e. The van der Waals surface area contributed by atoms with E-state index < -0.39 is 0 Å². The summed E-state index contributed by atoms with van der Waals surface area (Å²) in [4.78, 5) is 4.46. The number of hydrogen-bond donors (Lipinski definition) is 0. The highest BCUT2D eigenvalue weighted by molar-refractivity contribution is 7.98. The fourth-order valence-electron chi connectivity index (χ4n) is 2.83. The first kappa shape index (κ1) is 17.8. The molecular formula is C20H17ClN4OS. The maximum Gasteiger partial charge on any atom is 0.247 e. The predicted octanol–water partition coefficient (Wildman–Crippen LogP) is 5.48. The lowest BCUT2D eigenvalue weighted by atomic mass is 10.1. The summed E-state index contributed by atoms with van der Waals surface area (Å²) in [7, 11) is 0. The fourth-order valence-corrected chi connectivity index (χ4v) is 3.77. The molecule has 5 nitrogen and oxygen atoms in total. The lowest BCUT2D eigenvalue weighted by Crippen LogP contribution is -1.97. The predicted molar refractivity (Wildman–Crippen MR) is 107 cm³/mol. The van der Waals surface area contributed by atoms with Crippen molar-refractivity contribution in [3.05, 3.63) is 76.9 Å². The van der Waals surface area contributed by atoms with Gasteiger partial charge in [-0.1, -0.05) is 29.4 Å². The summed E-state index contributed by atoms with van der Waals surface area (Å²) in [6, 6.07) is 13.8. The van der Waals surface area contributed by atoms with E-state index in [1.165, 1.54) is 11.1 Å². The molecule has 0 saturated heterocycles. The third kappa shape index (κ3) is 4.07. The first-order valence-electron chi connectivity index (χ1n) is 8.41. The molecule has 0 amide bonds. The van der Waals surface area contributed by atoms with Gasteiger partial charge in [0, 0.05) is 28.7 Å². The average Bonchev–Trinajstić information content (AvgIpc) is 3.29. The number of hydrogen-bond acceptors (Lipinski definition) is 5. The fraction of sp³-hybridized carbons (Fsp3) is 0.150. The molecule has 0 aliphatic rings. The van der Waals surface area contributed by atoms with Crippen molar-refractivity contribution in [3.8, 4) is 17.1 Å². The molecule has 0 fully saturated rings. The van der Waals surface area contributed by atoms with Gasteiger partial charge in [0.1, 0.15) is 0 Å². The van der Waals surface area contributed by atoms with Crippen LogP contribution in [0.1, 0.15) is 17.0 Å². The molecule has 4 rings (SSSR count). The van der Waals surface area contributed by atoms with Gasteiger partial charge in [0.25, 0.3) is 0 Å². The third-order valence-electron chi connectivity index (χ3n) is 3.97. The molecule has 4 aromatic rings. The second kappa shape index (κ2) is 7.58. The van der Waals surface area contributed by atoms with E-state index in [4.69, 9.17) is 16.0 Å². The Hall–Kier alpha value is -2.57. The van der Waals surface area contributed by atoms with Gasteiger partial charge in [-0.25, -0.2) is 4.98 Å². The van der Waals surface area contributed by atoms with Crippen LogP contribution in [0.25, 0.3) is 17.1 Å². The monoisotopic (exact) mass is 396 g/mol. The Morgan fingerprint density at radius 3 is 2.52 bits per heavy atom. The summed E-state index contributed by atoms with van der Waals surface area (Å²) in [5.74, 6) is 1.59. The number of nitrogens with zero attached hydrogens (tertiary/aromatic N) is 4. The standard InChI is InChI=1S/C20H17ClN4OS/c1-13-9-14(2)11-17(10-13)25-8-7-22-20(25)27-12-18-23-24-19(26-18)15-3-5-16(21)6-4-15/h3-11H,12H2,1-2H3. The van der Waals surface area contributed by atoms with Gasteiger partial charge < -0.3 is 4.42 Å². The maximum atomic E-state index is 5.92. The Morgan fingerprint density at radius 2 is 1.78 bits per heavy atom. The molecule has 0 bridgehead atoms. The number of aryl methyl sites for hydroxylation is 2. The van der Waals surface area contributed by atoms with Crippen LogP contribution in [-0.4, -0.2) is 19.7 Å². The van der Waals surface area contributed by atoms with Crippen LogP contribution in [0.2, 0.25) is 5.02 Å². The normalized spacial score (nSPS) is 11.1. The molecule has 0 spiro atoms. The third-order valence-corrected chi connectivity index (χ3v) is 5.18. The topological polar surface area (TPSA) is 56.7 Å². The SMILES string of the molecule is Cc1cc(C)cc(-n2ccnc2SCc2nnc(-c3ccc(Cl)cc3)o2)c1. The van der Waals surface area contributed by atoms with E-state index in [2.05, 4.69) is 51.8 Å². The molecule has 2 heterocycles. The molecule has 2 aromatic heterocycles. The van der Waals surface area contributed by atoms with E-state index in [9.17, 15) is 0 Å². The van der Waals surface area contributed by atoms with Crippen molar-refractivity contribution < 1.29 is 4.42 Å². The van der Waals surface area contributed by atoms with Crippen LogP contribution < -0.4 is 0 Å². The van der Waals surface area contributed by atoms with Crippen LogP contribution in [0, 0.1) is 13.8 Å². The second-order valence-corrected chi connectivity index (χ2v) is 7.60. The highest BCUT2D eigenvalue weighted by Gasteiger charge is 2.12. The molecular weight excluding hydrogens is 380 g/mol. The highest BCUT2D eigenvalue weighted by Crippen LogP contribution is 2.26. The number of aromatic nitrogens is 4. The lowest BCUT2D eigenvalue weighted by molar-refractivity contribution is 0.528. The van der Waals surface area contributed by atoms with E-state index in [1.807, 2.05) is 18.3 Å². The second-order valence-electron chi connectivity index (χ2n) is 6.22. The van der Waals surface area contributed by atoms with Crippen molar-refractivity contribution in [3.63, 3.8) is 0 Å². The number of rotatable bonds is 5. The summed E-state index contributed by atoms with van der Waals surface area (Å²) < 4.78 is 7.84. The van der Waals surface area contributed by atoms with Gasteiger partial charge in [0.15, 0.2) is 5.16 Å². The summed E-state index contributed by atoms with van der Waals surface area (Å²) in [5, 5.41) is 9.81. The number of imidazole rings is 1. The molecule has 27 heavy (non-hydrogen) atoms. The van der Waals surface area contributed by atoms with Gasteiger partial charge in [-0.05, 0) is 61.4 Å². The molecule has 0 atom stereocenters. The molecule has 2 aromatic carbocycles. The Balaban J connectivity index is 1.50. The molecule has 0 N–H and O–H groups in total. The van der Waals surface area contributed by atoms with E-state index in [0.29, 0.717) is 22.6 Å². The number of halogens is 1. The van der Waals surface area contributed by atoms with Crippen molar-refractivity contribution in [1.29, 1.82) is 0 Å². The summed E-state index contributed by atoms with van der Waals surface area (Å²) >= 11 is 7.48. The Bertz CT molecular complexity index is 1050. The van der Waals surface area contributed by atoms with Crippen LogP contribution in [0.3, 0.4) is 0 Å². The van der Waals surface area contributed by atoms with Gasteiger partial charge in [-0.3, -0.25) is 4.57 Å². The van der Waals surface area contributed by atoms with Crippen molar-refractivity contribution >= 4 is 23.4 Å². The zero-order valence-corrected chi connectivity index (χ0v) is 16.5. The molecule has 0 aliphatic carbocycles. The maximum absolute atomic E-state index is 5.92. The molecule has 0 radical (unpaired) electrons. The number of benzene rings is 2. The molecule has 0 aliphatic heterocycles. The van der Waals surface area contributed by atoms with Crippen LogP contribution in [0.4, 0.5) is 0 Å². The summed E-state index contributed by atoms with van der Waals surface area (Å²) in [5.41, 5.74) is 4.39. The van der Waals surface area contributed by atoms with E-state index in [1.54, 1.807) is 30.1 Å². The minimum absolute atomic E-state index is 0.486. The van der Waals surface area contributed by atoms with E-state index >= 15 is 0 Å². The molecule has 0 unspecified atom stereocenters. The first-order chi connectivity index (χ1) is 13.1. The summed E-state index contributed by atoms with van der Waals surface area (Å²) in [6.45, 7) is 4.19. The van der Waals surface area contributed by atoms with Gasteiger partial charge in [0.05, 0.1) is 5.75 Å². The van der Waals surface area contributed by atoms with Crippen molar-refractivity contribution in [1.82, 2.24) is 19.7 Å². The van der Waals surface area contributed by atoms with Gasteiger partial charge in [-0.15, -0.1) is 10.2 Å². The Labute approximate surface area is 166 Å². The minimum atomic E-state index is 0.486. The van der Waals surface area contributed by atoms with E-state index in [-0.39, 0.29) is 0 Å². The van der Waals surface area contributed by atoms with Crippen molar-refractivity contribution in [2.45, 2.75) is 24.8 Å². The highest BCUT2D eigenvalue weighted by atomic mass is 35.5. The van der Waals surface area contributed by atoms with Gasteiger partial charge >= 0.3 is 0 Å². The van der Waals surface area contributed by atoms with Crippen LogP contribution in [0.15, 0.2) is 64.4 Å². The quantitative estimate of drug-likeness (QED) is 0.418. The van der Waals surface area contributed by atoms with Crippen molar-refractivity contribution in [2.24, 2.45) is 0 Å². The smallest absolute Gasteiger partial charge is 0.247 e. The lowest BCUT2D eigenvalue weighted by Gasteiger charge is -2.09. The van der Waals surface area contributed by atoms with Crippen LogP contribution in [0.5, 0.6) is 0 Å². The van der Waals surface area contributed by atoms with E-state index in [0.717, 1.165) is 16.4 Å². The summed E-state index contributed by atoms with van der Waals surface area (Å²) in [6.07, 6.45) is 3.76. The zero-order chi connectivity index (χ0) is 18.8. The zero-order valence-electron chi connectivity index (χ0n) is 14.9. The largest absolute Gasteiger partial charge is 0.420 e. The van der Waals surface area contributed by atoms with Crippen LogP contribution in [-0.2, 0) is 5.75 Å².